The van der Waals surface area contributed by atoms with Gasteiger partial charge in [0.15, 0.2) is 10.3 Å². The summed E-state index contributed by atoms with van der Waals surface area (Å²) < 4.78 is 1.95. The molecule has 0 unspecified atom stereocenters. The largest absolute Gasteiger partial charge is 0.325 e. The van der Waals surface area contributed by atoms with Gasteiger partial charge in [-0.15, -0.1) is 16.8 Å². The molecule has 162 valence electrons. The minimum atomic E-state index is -0.136. The van der Waals surface area contributed by atoms with Crippen molar-refractivity contribution in [1.29, 1.82) is 0 Å². The Balaban J connectivity index is 1.64. The maximum Gasteiger partial charge on any atom is 0.234 e. The number of hydrogen-bond donors (Lipinski definition) is 1. The number of hydrogen-bond acceptors (Lipinski definition) is 7. The van der Waals surface area contributed by atoms with E-state index in [0.717, 1.165) is 22.8 Å². The zero-order valence-electron chi connectivity index (χ0n) is 17.6. The highest BCUT2D eigenvalue weighted by atomic mass is 35.5. The number of allylic oxidation sites excluding steroid dienone is 1. The topological polar surface area (TPSA) is 85.6 Å². The normalized spacial score (nSPS) is 10.8. The van der Waals surface area contributed by atoms with Crippen LogP contribution in [0.3, 0.4) is 0 Å². The van der Waals surface area contributed by atoms with E-state index < -0.39 is 0 Å². The summed E-state index contributed by atoms with van der Waals surface area (Å²) in [6, 6.07) is 7.37. The maximum absolute atomic E-state index is 12.4. The Hall–Kier alpha value is -2.36. The van der Waals surface area contributed by atoms with Crippen LogP contribution in [0.2, 0.25) is 5.02 Å². The lowest BCUT2D eigenvalue weighted by molar-refractivity contribution is -0.113. The Labute approximate surface area is 195 Å². The standard InChI is InChI=1S/C21H23ClN6OS2/c1-5-9-28-18(11-30-20-23-13(2)10-14(3)24-20)26-27-21(28)31-12-19(29)25-17-8-6-7-16(22)15(17)4/h5-8,10H,1,9,11-12H2,2-4H3,(H,25,29). The van der Waals surface area contributed by atoms with Gasteiger partial charge >= 0.3 is 0 Å². The number of nitrogens with zero attached hydrogens (tertiary/aromatic N) is 5. The summed E-state index contributed by atoms with van der Waals surface area (Å²) in [5.41, 5.74) is 3.40. The van der Waals surface area contributed by atoms with Gasteiger partial charge in [0.05, 0.1) is 11.5 Å². The van der Waals surface area contributed by atoms with Gasteiger partial charge in [0.2, 0.25) is 5.91 Å². The van der Waals surface area contributed by atoms with Crippen LogP contribution in [0.5, 0.6) is 0 Å². The summed E-state index contributed by atoms with van der Waals surface area (Å²) in [5, 5.41) is 13.4. The molecule has 1 aromatic carbocycles. The van der Waals surface area contributed by atoms with Crippen LogP contribution >= 0.6 is 35.1 Å². The number of amides is 1. The zero-order chi connectivity index (χ0) is 22.4. The molecule has 0 radical (unpaired) electrons. The van der Waals surface area contributed by atoms with Gasteiger partial charge in [-0.05, 0) is 44.5 Å². The monoisotopic (exact) mass is 474 g/mol. The number of nitrogens with one attached hydrogen (secondary N) is 1. The van der Waals surface area contributed by atoms with Crippen LogP contribution in [0.4, 0.5) is 5.69 Å². The van der Waals surface area contributed by atoms with Crippen molar-refractivity contribution in [2.45, 2.75) is 43.4 Å². The predicted molar refractivity (Wildman–Crippen MR) is 127 cm³/mol. The second-order valence-electron chi connectivity index (χ2n) is 6.77. The van der Waals surface area contributed by atoms with Gasteiger partial charge in [0.1, 0.15) is 5.82 Å². The first-order valence-corrected chi connectivity index (χ1v) is 11.9. The van der Waals surface area contributed by atoms with E-state index in [1.54, 1.807) is 12.1 Å². The second kappa shape index (κ2) is 10.8. The molecule has 7 nitrogen and oxygen atoms in total. The minimum Gasteiger partial charge on any atom is -0.325 e. The van der Waals surface area contributed by atoms with Gasteiger partial charge in [-0.2, -0.15) is 0 Å². The molecule has 1 N–H and O–H groups in total. The molecule has 0 aliphatic rings. The van der Waals surface area contributed by atoms with E-state index in [0.29, 0.717) is 33.3 Å². The Kier molecular flexibility index (Phi) is 8.11. The fourth-order valence-electron chi connectivity index (χ4n) is 2.79. The first kappa shape index (κ1) is 23.3. The average molecular weight is 475 g/mol. The van der Waals surface area contributed by atoms with Gasteiger partial charge in [-0.3, -0.25) is 4.79 Å². The first-order chi connectivity index (χ1) is 14.9. The molecule has 2 aromatic heterocycles. The maximum atomic E-state index is 12.4. The second-order valence-corrected chi connectivity index (χ2v) is 9.06. The Morgan fingerprint density at radius 3 is 2.65 bits per heavy atom. The van der Waals surface area contributed by atoms with Crippen LogP contribution in [0.15, 0.2) is 47.2 Å². The Morgan fingerprint density at radius 2 is 1.94 bits per heavy atom. The van der Waals surface area contributed by atoms with Crippen LogP contribution in [-0.2, 0) is 17.1 Å². The van der Waals surface area contributed by atoms with Gasteiger partial charge in [0.25, 0.3) is 0 Å². The predicted octanol–water partition coefficient (Wildman–Crippen LogP) is 4.86. The molecule has 0 atom stereocenters. The van der Waals surface area contributed by atoms with Gasteiger partial charge < -0.3 is 9.88 Å². The molecule has 0 aliphatic heterocycles. The Bertz CT molecular complexity index is 1080. The van der Waals surface area contributed by atoms with Crippen molar-refractivity contribution in [3.63, 3.8) is 0 Å². The van der Waals surface area contributed by atoms with E-state index in [9.17, 15) is 4.79 Å². The van der Waals surface area contributed by atoms with E-state index in [4.69, 9.17) is 11.6 Å². The fourth-order valence-corrected chi connectivity index (χ4v) is 4.62. The number of halogens is 1. The van der Waals surface area contributed by atoms with Crippen LogP contribution < -0.4 is 5.32 Å². The molecule has 0 saturated heterocycles. The summed E-state index contributed by atoms with van der Waals surface area (Å²) in [4.78, 5) is 21.3. The lowest BCUT2D eigenvalue weighted by Gasteiger charge is -2.10. The summed E-state index contributed by atoms with van der Waals surface area (Å²) >= 11 is 8.95. The minimum absolute atomic E-state index is 0.136. The lowest BCUT2D eigenvalue weighted by Crippen LogP contribution is -2.15. The molecule has 3 aromatic rings. The van der Waals surface area contributed by atoms with E-state index >= 15 is 0 Å². The third-order valence-electron chi connectivity index (χ3n) is 4.27. The summed E-state index contributed by atoms with van der Waals surface area (Å²) in [6.07, 6.45) is 1.78. The number of rotatable bonds is 9. The summed E-state index contributed by atoms with van der Waals surface area (Å²) in [7, 11) is 0. The number of aromatic nitrogens is 5. The summed E-state index contributed by atoms with van der Waals surface area (Å²) in [6.45, 7) is 10.1. The van der Waals surface area contributed by atoms with Crippen molar-refractivity contribution < 1.29 is 4.79 Å². The van der Waals surface area contributed by atoms with Crippen LogP contribution in [0.1, 0.15) is 22.8 Å². The molecular formula is C21H23ClN6OS2. The number of anilines is 1. The number of thioether (sulfide) groups is 2. The van der Waals surface area contributed by atoms with E-state index in [2.05, 4.69) is 32.1 Å². The van der Waals surface area contributed by atoms with E-state index in [-0.39, 0.29) is 11.7 Å². The van der Waals surface area contributed by atoms with E-state index in [1.165, 1.54) is 23.5 Å². The number of benzene rings is 1. The number of carbonyl (C=O) groups is 1. The molecule has 0 saturated carbocycles. The molecule has 2 heterocycles. The van der Waals surface area contributed by atoms with Crippen molar-refractivity contribution >= 4 is 46.7 Å². The van der Waals surface area contributed by atoms with Gasteiger partial charge in [-0.1, -0.05) is 47.3 Å². The Morgan fingerprint density at radius 1 is 1.19 bits per heavy atom. The highest BCUT2D eigenvalue weighted by Crippen LogP contribution is 2.25. The third kappa shape index (κ3) is 6.32. The molecule has 0 aliphatic carbocycles. The van der Waals surface area contributed by atoms with Gasteiger partial charge in [-0.25, -0.2) is 9.97 Å². The van der Waals surface area contributed by atoms with Crippen molar-refractivity contribution in [2.24, 2.45) is 0 Å². The van der Waals surface area contributed by atoms with Crippen LogP contribution in [0, 0.1) is 20.8 Å². The first-order valence-electron chi connectivity index (χ1n) is 9.53. The van der Waals surface area contributed by atoms with Crippen molar-refractivity contribution in [3.05, 3.63) is 64.7 Å². The SMILES string of the molecule is C=CCn1c(CSc2nc(C)cc(C)n2)nnc1SCC(=O)Nc1cccc(Cl)c1C. The van der Waals surface area contributed by atoms with E-state index in [1.807, 2.05) is 43.5 Å². The van der Waals surface area contributed by atoms with Crippen molar-refractivity contribution in [2.75, 3.05) is 11.1 Å². The molecule has 0 bridgehead atoms. The molecule has 3 rings (SSSR count). The van der Waals surface area contributed by atoms with Crippen LogP contribution in [-0.4, -0.2) is 36.4 Å². The fraction of sp³-hybridized carbons (Fsp3) is 0.286. The zero-order valence-corrected chi connectivity index (χ0v) is 19.9. The molecule has 0 fully saturated rings. The molecule has 10 heteroatoms. The molecule has 1 amide bonds. The number of aryl methyl sites for hydroxylation is 2. The number of carbonyl (C=O) groups excluding carboxylic acids is 1. The van der Waals surface area contributed by atoms with Crippen molar-refractivity contribution in [1.82, 2.24) is 24.7 Å². The highest BCUT2D eigenvalue weighted by Gasteiger charge is 2.15. The lowest BCUT2D eigenvalue weighted by atomic mass is 10.2. The summed E-state index contributed by atoms with van der Waals surface area (Å²) in [5.74, 6) is 1.41. The highest BCUT2D eigenvalue weighted by molar-refractivity contribution is 7.99. The third-order valence-corrected chi connectivity index (χ3v) is 6.49. The van der Waals surface area contributed by atoms with Gasteiger partial charge in [0, 0.05) is 28.6 Å². The smallest absolute Gasteiger partial charge is 0.234 e. The molecule has 31 heavy (non-hydrogen) atoms. The average Bonchev–Trinajstić information content (AvgIpc) is 3.09. The quantitative estimate of drug-likeness (QED) is 0.269. The molecular weight excluding hydrogens is 452 g/mol. The molecule has 0 spiro atoms. The van der Waals surface area contributed by atoms with Crippen molar-refractivity contribution in [3.8, 4) is 0 Å². The van der Waals surface area contributed by atoms with Crippen LogP contribution in [0.25, 0.3) is 0 Å².